The van der Waals surface area contributed by atoms with E-state index in [1.54, 1.807) is 0 Å². The van der Waals surface area contributed by atoms with Crippen molar-refractivity contribution in [3.63, 3.8) is 0 Å². The van der Waals surface area contributed by atoms with Crippen LogP contribution >= 0.6 is 0 Å². The fourth-order valence-corrected chi connectivity index (χ4v) is 2.69. The van der Waals surface area contributed by atoms with Gasteiger partial charge in [-0.05, 0) is 13.3 Å². The molecule has 4 nitrogen and oxygen atoms in total. The summed E-state index contributed by atoms with van der Waals surface area (Å²) in [6.07, 6.45) is 1.46. The highest BCUT2D eigenvalue weighted by atomic mass is 16.5. The summed E-state index contributed by atoms with van der Waals surface area (Å²) >= 11 is 0. The van der Waals surface area contributed by atoms with Gasteiger partial charge in [-0.2, -0.15) is 0 Å². The van der Waals surface area contributed by atoms with Crippen LogP contribution in [0.3, 0.4) is 0 Å². The maximum absolute atomic E-state index is 9.51. The molecule has 0 amide bonds. The van der Waals surface area contributed by atoms with Gasteiger partial charge < -0.3 is 15.2 Å². The van der Waals surface area contributed by atoms with Crippen molar-refractivity contribution in [3.05, 3.63) is 0 Å². The molecule has 2 N–H and O–H groups in total. The van der Waals surface area contributed by atoms with Crippen LogP contribution in [0.5, 0.6) is 0 Å². The van der Waals surface area contributed by atoms with Gasteiger partial charge in [-0.1, -0.05) is 0 Å². The van der Waals surface area contributed by atoms with Crippen LogP contribution in [0.1, 0.15) is 13.3 Å². The Kier molecular flexibility index (Phi) is 3.97. The quantitative estimate of drug-likeness (QED) is 0.676. The third kappa shape index (κ3) is 2.69. The van der Waals surface area contributed by atoms with Crippen molar-refractivity contribution in [2.45, 2.75) is 25.5 Å². The topological polar surface area (TPSA) is 44.7 Å². The Hall–Kier alpha value is -0.160. The molecule has 3 unspecified atom stereocenters. The maximum Gasteiger partial charge on any atom is 0.0590 e. The second kappa shape index (κ2) is 5.25. The minimum Gasteiger partial charge on any atom is -0.395 e. The molecule has 0 aromatic heterocycles. The van der Waals surface area contributed by atoms with E-state index < -0.39 is 0 Å². The second-order valence-corrected chi connectivity index (χ2v) is 4.68. The predicted octanol–water partition coefficient (Wildman–Crippen LogP) is -0.322. The zero-order valence-electron chi connectivity index (χ0n) is 9.48. The van der Waals surface area contributed by atoms with Crippen LogP contribution in [0.2, 0.25) is 0 Å². The Morgan fingerprint density at radius 2 is 2.20 bits per heavy atom. The van der Waals surface area contributed by atoms with E-state index >= 15 is 0 Å². The van der Waals surface area contributed by atoms with Crippen molar-refractivity contribution < 1.29 is 9.84 Å². The molecule has 2 heterocycles. The Labute approximate surface area is 91.6 Å². The van der Waals surface area contributed by atoms with E-state index in [1.807, 2.05) is 0 Å². The molecule has 2 aliphatic heterocycles. The molecule has 2 rings (SSSR count). The molecular formula is C11H22N2O2. The van der Waals surface area contributed by atoms with E-state index in [-0.39, 0.29) is 6.61 Å². The minimum atomic E-state index is 0.265. The molecule has 0 bridgehead atoms. The summed E-state index contributed by atoms with van der Waals surface area (Å²) < 4.78 is 5.59. The number of rotatable bonds is 3. The van der Waals surface area contributed by atoms with E-state index in [0.717, 1.165) is 39.2 Å². The van der Waals surface area contributed by atoms with Crippen LogP contribution in [-0.2, 0) is 4.74 Å². The molecule has 15 heavy (non-hydrogen) atoms. The van der Waals surface area contributed by atoms with Gasteiger partial charge in [0.1, 0.15) is 0 Å². The average molecular weight is 214 g/mol. The number of aliphatic hydroxyl groups is 1. The standard InChI is InChI=1S/C11H22N2O2/c1-9-6-10(8-15-9)11(7-14)13-4-2-12-3-5-13/h9-12,14H,2-8H2,1H3. The lowest BCUT2D eigenvalue weighted by Gasteiger charge is -2.36. The van der Waals surface area contributed by atoms with Crippen molar-refractivity contribution in [1.29, 1.82) is 0 Å². The Balaban J connectivity index is 1.90. The number of piperazine rings is 1. The van der Waals surface area contributed by atoms with Crippen molar-refractivity contribution in [2.24, 2.45) is 5.92 Å². The van der Waals surface area contributed by atoms with Crippen LogP contribution in [-0.4, -0.2) is 61.5 Å². The zero-order chi connectivity index (χ0) is 10.7. The summed E-state index contributed by atoms with van der Waals surface area (Å²) in [6, 6.07) is 0.303. The third-order valence-corrected chi connectivity index (χ3v) is 3.58. The van der Waals surface area contributed by atoms with Crippen LogP contribution in [0, 0.1) is 5.92 Å². The lowest BCUT2D eigenvalue weighted by molar-refractivity contribution is 0.0588. The smallest absolute Gasteiger partial charge is 0.0590 e. The largest absolute Gasteiger partial charge is 0.395 e. The van der Waals surface area contributed by atoms with Gasteiger partial charge in [0.15, 0.2) is 0 Å². The fourth-order valence-electron chi connectivity index (χ4n) is 2.69. The second-order valence-electron chi connectivity index (χ2n) is 4.68. The zero-order valence-corrected chi connectivity index (χ0v) is 9.48. The Bertz CT molecular complexity index is 190. The lowest BCUT2D eigenvalue weighted by atomic mass is 9.95. The van der Waals surface area contributed by atoms with Crippen LogP contribution in [0.4, 0.5) is 0 Å². The fraction of sp³-hybridized carbons (Fsp3) is 1.00. The molecule has 2 aliphatic rings. The molecule has 0 radical (unpaired) electrons. The molecule has 0 saturated carbocycles. The first-order valence-electron chi connectivity index (χ1n) is 5.98. The van der Waals surface area contributed by atoms with Crippen LogP contribution in [0.25, 0.3) is 0 Å². The number of hydrogen-bond donors (Lipinski definition) is 2. The van der Waals surface area contributed by atoms with Gasteiger partial charge in [0, 0.05) is 38.1 Å². The van der Waals surface area contributed by atoms with Crippen molar-refractivity contribution >= 4 is 0 Å². The predicted molar refractivity (Wildman–Crippen MR) is 58.8 cm³/mol. The highest BCUT2D eigenvalue weighted by Crippen LogP contribution is 2.25. The van der Waals surface area contributed by atoms with E-state index in [2.05, 4.69) is 17.1 Å². The molecule has 4 heteroatoms. The van der Waals surface area contributed by atoms with Crippen molar-refractivity contribution in [1.82, 2.24) is 10.2 Å². The SMILES string of the molecule is CC1CC(C(CO)N2CCNCC2)CO1. The van der Waals surface area contributed by atoms with Gasteiger partial charge in [0.2, 0.25) is 0 Å². The van der Waals surface area contributed by atoms with Gasteiger partial charge in [-0.3, -0.25) is 4.90 Å². The van der Waals surface area contributed by atoms with Crippen molar-refractivity contribution in [3.8, 4) is 0 Å². The highest BCUT2D eigenvalue weighted by Gasteiger charge is 2.33. The summed E-state index contributed by atoms with van der Waals surface area (Å²) in [5, 5.41) is 12.8. The van der Waals surface area contributed by atoms with Crippen LogP contribution < -0.4 is 5.32 Å². The molecule has 0 aliphatic carbocycles. The normalized spacial score (nSPS) is 35.6. The number of nitrogens with one attached hydrogen (secondary N) is 1. The van der Waals surface area contributed by atoms with Crippen LogP contribution in [0.15, 0.2) is 0 Å². The summed E-state index contributed by atoms with van der Waals surface area (Å²) in [4.78, 5) is 2.41. The molecule has 88 valence electrons. The molecule has 2 saturated heterocycles. The van der Waals surface area contributed by atoms with Gasteiger partial charge in [-0.25, -0.2) is 0 Å². The van der Waals surface area contributed by atoms with Gasteiger partial charge in [0.25, 0.3) is 0 Å². The molecular weight excluding hydrogens is 192 g/mol. The molecule has 3 atom stereocenters. The summed E-state index contributed by atoms with van der Waals surface area (Å²) in [6.45, 7) is 7.38. The molecule has 2 fully saturated rings. The van der Waals surface area contributed by atoms with E-state index in [9.17, 15) is 5.11 Å². The van der Waals surface area contributed by atoms with Gasteiger partial charge in [0.05, 0.1) is 19.3 Å². The molecule has 0 aromatic carbocycles. The number of hydrogen-bond acceptors (Lipinski definition) is 4. The number of ether oxygens (including phenoxy) is 1. The molecule has 0 spiro atoms. The first kappa shape index (κ1) is 11.3. The monoisotopic (exact) mass is 214 g/mol. The Morgan fingerprint density at radius 3 is 2.73 bits per heavy atom. The minimum absolute atomic E-state index is 0.265. The Morgan fingerprint density at radius 1 is 1.47 bits per heavy atom. The summed E-state index contributed by atoms with van der Waals surface area (Å²) in [7, 11) is 0. The van der Waals surface area contributed by atoms with E-state index in [1.165, 1.54) is 0 Å². The maximum atomic E-state index is 9.51. The van der Waals surface area contributed by atoms with E-state index in [4.69, 9.17) is 4.74 Å². The summed E-state index contributed by atoms with van der Waals surface area (Å²) in [5.74, 6) is 0.517. The summed E-state index contributed by atoms with van der Waals surface area (Å²) in [5.41, 5.74) is 0. The van der Waals surface area contributed by atoms with Gasteiger partial charge >= 0.3 is 0 Å². The number of nitrogens with zero attached hydrogens (tertiary/aromatic N) is 1. The first-order chi connectivity index (χ1) is 7.31. The van der Waals surface area contributed by atoms with Crippen molar-refractivity contribution in [2.75, 3.05) is 39.4 Å². The third-order valence-electron chi connectivity index (χ3n) is 3.58. The highest BCUT2D eigenvalue weighted by molar-refractivity contribution is 4.85. The number of aliphatic hydroxyl groups excluding tert-OH is 1. The average Bonchev–Trinajstić information content (AvgIpc) is 2.68. The van der Waals surface area contributed by atoms with Gasteiger partial charge in [-0.15, -0.1) is 0 Å². The first-order valence-corrected chi connectivity index (χ1v) is 5.98. The molecule has 0 aromatic rings. The van der Waals surface area contributed by atoms with E-state index in [0.29, 0.717) is 18.1 Å². The lowest BCUT2D eigenvalue weighted by Crippen LogP contribution is -2.52.